The van der Waals surface area contributed by atoms with Crippen molar-refractivity contribution in [2.24, 2.45) is 5.41 Å². The Labute approximate surface area is 169 Å². The first-order valence-electron chi connectivity index (χ1n) is 10.1. The summed E-state index contributed by atoms with van der Waals surface area (Å²) in [6.07, 6.45) is 3.10. The van der Waals surface area contributed by atoms with Crippen molar-refractivity contribution in [2.45, 2.75) is 44.7 Å². The van der Waals surface area contributed by atoms with E-state index in [0.717, 1.165) is 31.4 Å². The summed E-state index contributed by atoms with van der Waals surface area (Å²) in [6, 6.07) is 8.68. The molecule has 0 saturated carbocycles. The zero-order valence-corrected chi connectivity index (χ0v) is 16.4. The van der Waals surface area contributed by atoms with Crippen molar-refractivity contribution in [2.75, 3.05) is 19.6 Å². The summed E-state index contributed by atoms with van der Waals surface area (Å²) in [7, 11) is 0. The number of imide groups is 1. The van der Waals surface area contributed by atoms with Crippen molar-refractivity contribution >= 4 is 23.8 Å². The number of hydrogen-bond donors (Lipinski definition) is 2. The second-order valence-corrected chi connectivity index (χ2v) is 8.34. The van der Waals surface area contributed by atoms with Crippen molar-refractivity contribution in [3.8, 4) is 0 Å². The van der Waals surface area contributed by atoms with Gasteiger partial charge in [-0.3, -0.25) is 19.7 Å². The second kappa shape index (κ2) is 7.85. The number of nitrogens with zero attached hydrogens (tertiary/aromatic N) is 2. The first-order chi connectivity index (χ1) is 13.9. The van der Waals surface area contributed by atoms with Gasteiger partial charge in [-0.15, -0.1) is 0 Å². The van der Waals surface area contributed by atoms with Crippen LogP contribution in [0.4, 0.5) is 4.79 Å². The SMILES string of the molecule is O=C1NC(=O)[C@H](CC(=O)N2CCC3(CCC(=O)N(Cc4ccccc4)C3)CC2)N1. The summed E-state index contributed by atoms with van der Waals surface area (Å²) >= 11 is 0. The molecule has 1 aromatic carbocycles. The Morgan fingerprint density at radius 3 is 2.45 bits per heavy atom. The largest absolute Gasteiger partial charge is 0.343 e. The lowest BCUT2D eigenvalue weighted by Gasteiger charge is -2.47. The number of carbonyl (C=O) groups excluding carboxylic acids is 4. The number of hydrogen-bond acceptors (Lipinski definition) is 4. The molecule has 5 amide bonds. The third kappa shape index (κ3) is 4.26. The van der Waals surface area contributed by atoms with Gasteiger partial charge in [-0.25, -0.2) is 4.79 Å². The molecule has 4 rings (SSSR count). The van der Waals surface area contributed by atoms with Crippen molar-refractivity contribution in [3.63, 3.8) is 0 Å². The molecule has 0 aliphatic carbocycles. The van der Waals surface area contributed by atoms with E-state index >= 15 is 0 Å². The maximum Gasteiger partial charge on any atom is 0.322 e. The number of rotatable bonds is 4. The molecular weight excluding hydrogens is 372 g/mol. The third-order valence-corrected chi connectivity index (χ3v) is 6.38. The molecule has 8 heteroatoms. The zero-order chi connectivity index (χ0) is 20.4. The average Bonchev–Trinajstić information content (AvgIpc) is 3.03. The van der Waals surface area contributed by atoms with E-state index in [0.29, 0.717) is 26.1 Å². The highest BCUT2D eigenvalue weighted by molar-refractivity contribution is 6.05. The Kier molecular flexibility index (Phi) is 5.25. The van der Waals surface area contributed by atoms with E-state index in [-0.39, 0.29) is 23.7 Å². The van der Waals surface area contributed by atoms with Gasteiger partial charge < -0.3 is 15.1 Å². The van der Waals surface area contributed by atoms with Crippen LogP contribution in [0.3, 0.4) is 0 Å². The standard InChI is InChI=1S/C21H26N4O4/c26-17-6-7-21(14-25(17)13-15-4-2-1-3-5-15)8-10-24(11-9-21)18(27)12-16-19(28)23-20(29)22-16/h1-5,16H,6-14H2,(H2,22,23,28,29)/t16-/m0/s1. The quantitative estimate of drug-likeness (QED) is 0.740. The minimum Gasteiger partial charge on any atom is -0.343 e. The number of benzene rings is 1. The van der Waals surface area contributed by atoms with Crippen LogP contribution in [-0.4, -0.2) is 59.2 Å². The summed E-state index contributed by atoms with van der Waals surface area (Å²) in [6.45, 7) is 2.59. The number of amides is 5. The van der Waals surface area contributed by atoms with Gasteiger partial charge in [0, 0.05) is 32.6 Å². The summed E-state index contributed by atoms with van der Waals surface area (Å²) in [5.74, 6) is -0.365. The molecule has 3 saturated heterocycles. The normalized spacial score (nSPS) is 23.9. The number of likely N-dealkylation sites (tertiary alicyclic amines) is 2. The lowest BCUT2D eigenvalue weighted by Crippen LogP contribution is -2.52. The molecule has 3 heterocycles. The Morgan fingerprint density at radius 2 is 1.79 bits per heavy atom. The summed E-state index contributed by atoms with van der Waals surface area (Å²) in [4.78, 5) is 51.6. The lowest BCUT2D eigenvalue weighted by atomic mass is 9.72. The highest BCUT2D eigenvalue weighted by Crippen LogP contribution is 2.40. The van der Waals surface area contributed by atoms with Crippen molar-refractivity contribution in [3.05, 3.63) is 35.9 Å². The first kappa shape index (κ1) is 19.4. The van der Waals surface area contributed by atoms with Crippen LogP contribution in [0, 0.1) is 5.41 Å². The third-order valence-electron chi connectivity index (χ3n) is 6.38. The fourth-order valence-corrected chi connectivity index (χ4v) is 4.60. The van der Waals surface area contributed by atoms with Gasteiger partial charge in [0.25, 0.3) is 5.91 Å². The number of carbonyl (C=O) groups is 4. The van der Waals surface area contributed by atoms with E-state index in [1.54, 1.807) is 4.90 Å². The van der Waals surface area contributed by atoms with Gasteiger partial charge in [0.05, 0.1) is 6.42 Å². The molecule has 0 bridgehead atoms. The molecule has 1 spiro atoms. The van der Waals surface area contributed by atoms with Gasteiger partial charge in [-0.1, -0.05) is 30.3 Å². The van der Waals surface area contributed by atoms with Crippen LogP contribution in [-0.2, 0) is 20.9 Å². The molecule has 29 heavy (non-hydrogen) atoms. The molecular formula is C21H26N4O4. The van der Waals surface area contributed by atoms with Gasteiger partial charge in [0.1, 0.15) is 6.04 Å². The molecule has 3 aliphatic heterocycles. The minimum absolute atomic E-state index is 0.0107. The molecule has 1 aromatic rings. The molecule has 0 aromatic heterocycles. The van der Waals surface area contributed by atoms with Crippen molar-refractivity contribution < 1.29 is 19.2 Å². The van der Waals surface area contributed by atoms with E-state index in [9.17, 15) is 19.2 Å². The molecule has 1 atom stereocenters. The first-order valence-corrected chi connectivity index (χ1v) is 10.1. The second-order valence-electron chi connectivity index (χ2n) is 8.34. The molecule has 0 radical (unpaired) electrons. The van der Waals surface area contributed by atoms with Crippen molar-refractivity contribution in [1.29, 1.82) is 0 Å². The molecule has 3 fully saturated rings. The van der Waals surface area contributed by atoms with E-state index in [1.807, 2.05) is 35.2 Å². The van der Waals surface area contributed by atoms with Crippen LogP contribution < -0.4 is 10.6 Å². The topological polar surface area (TPSA) is 98.8 Å². The van der Waals surface area contributed by atoms with Crippen LogP contribution in [0.15, 0.2) is 30.3 Å². The zero-order valence-electron chi connectivity index (χ0n) is 16.4. The average molecular weight is 398 g/mol. The van der Waals surface area contributed by atoms with Gasteiger partial charge in [-0.2, -0.15) is 0 Å². The van der Waals surface area contributed by atoms with Crippen molar-refractivity contribution in [1.82, 2.24) is 20.4 Å². The van der Waals surface area contributed by atoms with E-state index in [2.05, 4.69) is 10.6 Å². The molecule has 154 valence electrons. The van der Waals surface area contributed by atoms with Crippen LogP contribution >= 0.6 is 0 Å². The molecule has 3 aliphatic rings. The van der Waals surface area contributed by atoms with E-state index < -0.39 is 18.0 Å². The smallest absolute Gasteiger partial charge is 0.322 e. The lowest BCUT2D eigenvalue weighted by molar-refractivity contribution is -0.143. The number of piperidine rings is 2. The maximum atomic E-state index is 12.6. The Bertz CT molecular complexity index is 817. The maximum absolute atomic E-state index is 12.6. The number of nitrogens with one attached hydrogen (secondary N) is 2. The highest BCUT2D eigenvalue weighted by Gasteiger charge is 2.42. The monoisotopic (exact) mass is 398 g/mol. The van der Waals surface area contributed by atoms with Gasteiger partial charge in [-0.05, 0) is 30.2 Å². The van der Waals surface area contributed by atoms with Crippen LogP contribution in [0.2, 0.25) is 0 Å². The summed E-state index contributed by atoms with van der Waals surface area (Å²) in [5, 5.41) is 4.63. The van der Waals surface area contributed by atoms with Crippen LogP contribution in [0.1, 0.15) is 37.7 Å². The number of urea groups is 1. The predicted octanol–water partition coefficient (Wildman–Crippen LogP) is 1.02. The Balaban J connectivity index is 1.33. The van der Waals surface area contributed by atoms with Gasteiger partial charge >= 0.3 is 6.03 Å². The van der Waals surface area contributed by atoms with Gasteiger partial charge in [0.2, 0.25) is 11.8 Å². The molecule has 2 N–H and O–H groups in total. The fraction of sp³-hybridized carbons (Fsp3) is 0.524. The van der Waals surface area contributed by atoms with Gasteiger partial charge in [0.15, 0.2) is 0 Å². The molecule has 8 nitrogen and oxygen atoms in total. The Morgan fingerprint density at radius 1 is 1.07 bits per heavy atom. The summed E-state index contributed by atoms with van der Waals surface area (Å²) in [5.41, 5.74) is 1.18. The predicted molar refractivity (Wildman–Crippen MR) is 104 cm³/mol. The molecule has 0 unspecified atom stereocenters. The highest BCUT2D eigenvalue weighted by atomic mass is 16.2. The van der Waals surface area contributed by atoms with Crippen LogP contribution in [0.5, 0.6) is 0 Å². The fourth-order valence-electron chi connectivity index (χ4n) is 4.60. The summed E-state index contributed by atoms with van der Waals surface area (Å²) < 4.78 is 0. The van der Waals surface area contributed by atoms with E-state index in [1.165, 1.54) is 0 Å². The Hall–Kier alpha value is -2.90. The van der Waals surface area contributed by atoms with E-state index in [4.69, 9.17) is 0 Å². The minimum atomic E-state index is -0.778. The van der Waals surface area contributed by atoms with Crippen LogP contribution in [0.25, 0.3) is 0 Å².